The van der Waals surface area contributed by atoms with Gasteiger partial charge in [0.05, 0.1) is 10.6 Å². The second-order valence-electron chi connectivity index (χ2n) is 3.38. The van der Waals surface area contributed by atoms with Crippen LogP contribution in [0.4, 0.5) is 4.39 Å². The van der Waals surface area contributed by atoms with Crippen molar-refractivity contribution >= 4 is 15.9 Å². The number of benzene rings is 1. The fourth-order valence-corrected chi connectivity index (χ4v) is 1.49. The van der Waals surface area contributed by atoms with Gasteiger partial charge in [-0.25, -0.2) is 9.37 Å². The van der Waals surface area contributed by atoms with Gasteiger partial charge in [0.2, 0.25) is 5.89 Å². The fourth-order valence-electron chi connectivity index (χ4n) is 1.24. The summed E-state index contributed by atoms with van der Waals surface area (Å²) in [7, 11) is 0. The van der Waals surface area contributed by atoms with Crippen LogP contribution in [0.1, 0.15) is 18.7 Å². The number of oxazole rings is 1. The molecule has 2 rings (SSSR count). The van der Waals surface area contributed by atoms with Gasteiger partial charge in [-0.1, -0.05) is 0 Å². The summed E-state index contributed by atoms with van der Waals surface area (Å²) in [6.45, 7) is 1.59. The van der Waals surface area contributed by atoms with Gasteiger partial charge in [-0.3, -0.25) is 0 Å². The first kappa shape index (κ1) is 11.3. The third-order valence-electron chi connectivity index (χ3n) is 2.12. The van der Waals surface area contributed by atoms with Crippen LogP contribution in [-0.4, -0.2) is 10.1 Å². The van der Waals surface area contributed by atoms with E-state index >= 15 is 0 Å². The largest absolute Gasteiger partial charge is 0.444 e. The van der Waals surface area contributed by atoms with E-state index in [9.17, 15) is 9.50 Å². The van der Waals surface area contributed by atoms with E-state index in [0.29, 0.717) is 21.6 Å². The molecule has 1 unspecified atom stereocenters. The molecule has 1 aromatic heterocycles. The number of halogens is 2. The zero-order valence-corrected chi connectivity index (χ0v) is 10.0. The Bertz CT molecular complexity index is 510. The van der Waals surface area contributed by atoms with Crippen LogP contribution < -0.4 is 0 Å². The lowest BCUT2D eigenvalue weighted by atomic mass is 10.2. The van der Waals surface area contributed by atoms with Gasteiger partial charge in [-0.15, -0.1) is 0 Å². The third-order valence-corrected chi connectivity index (χ3v) is 2.76. The average Bonchev–Trinajstić information content (AvgIpc) is 2.71. The zero-order chi connectivity index (χ0) is 11.7. The summed E-state index contributed by atoms with van der Waals surface area (Å²) in [5.74, 6) is -0.0865. The monoisotopic (exact) mass is 285 g/mol. The molecule has 0 aliphatic rings. The molecule has 3 nitrogen and oxygen atoms in total. The van der Waals surface area contributed by atoms with Crippen molar-refractivity contribution in [1.82, 2.24) is 4.98 Å². The second-order valence-corrected chi connectivity index (χ2v) is 4.24. The average molecular weight is 286 g/mol. The lowest BCUT2D eigenvalue weighted by Crippen LogP contribution is -1.90. The molecule has 1 heterocycles. The minimum atomic E-state index is -0.696. The Morgan fingerprint density at radius 3 is 2.81 bits per heavy atom. The summed E-state index contributed by atoms with van der Waals surface area (Å²) in [5.41, 5.74) is 0.964. The molecule has 0 aliphatic heterocycles. The van der Waals surface area contributed by atoms with Gasteiger partial charge in [0.15, 0.2) is 0 Å². The van der Waals surface area contributed by atoms with E-state index in [4.69, 9.17) is 4.42 Å². The summed E-state index contributed by atoms with van der Waals surface area (Å²) in [6, 6.07) is 4.59. The van der Waals surface area contributed by atoms with Crippen LogP contribution in [0, 0.1) is 5.82 Å². The molecule has 0 fully saturated rings. The van der Waals surface area contributed by atoms with Crippen LogP contribution in [-0.2, 0) is 0 Å². The minimum absolute atomic E-state index is 0.294. The maximum Gasteiger partial charge on any atom is 0.226 e. The van der Waals surface area contributed by atoms with Gasteiger partial charge in [0, 0.05) is 5.56 Å². The Hall–Kier alpha value is -1.20. The summed E-state index contributed by atoms with van der Waals surface area (Å²) in [6.07, 6.45) is 0.665. The number of rotatable bonds is 2. The summed E-state index contributed by atoms with van der Waals surface area (Å²) < 4.78 is 18.8. The standard InChI is InChI=1S/C11H9BrFNO2/c1-6(15)10-5-16-11(14-10)7-2-3-8(12)9(13)4-7/h2-6,15H,1H3. The van der Waals surface area contributed by atoms with Gasteiger partial charge >= 0.3 is 0 Å². The SMILES string of the molecule is CC(O)c1coc(-c2ccc(Br)c(F)c2)n1. The Morgan fingerprint density at radius 2 is 2.25 bits per heavy atom. The van der Waals surface area contributed by atoms with Crippen molar-refractivity contribution in [3.63, 3.8) is 0 Å². The molecule has 16 heavy (non-hydrogen) atoms. The van der Waals surface area contributed by atoms with Gasteiger partial charge in [0.1, 0.15) is 17.8 Å². The Balaban J connectivity index is 2.39. The molecule has 5 heteroatoms. The minimum Gasteiger partial charge on any atom is -0.444 e. The first-order chi connectivity index (χ1) is 7.58. The van der Waals surface area contributed by atoms with Crippen molar-refractivity contribution in [2.45, 2.75) is 13.0 Å². The molecule has 0 amide bonds. The smallest absolute Gasteiger partial charge is 0.226 e. The number of aromatic nitrogens is 1. The van der Waals surface area contributed by atoms with Crippen molar-refractivity contribution in [1.29, 1.82) is 0 Å². The van der Waals surface area contributed by atoms with E-state index in [1.165, 1.54) is 12.3 Å². The molecule has 0 radical (unpaired) electrons. The van der Waals surface area contributed by atoms with E-state index in [1.807, 2.05) is 0 Å². The molecule has 0 saturated heterocycles. The normalized spacial score (nSPS) is 12.8. The number of hydrogen-bond donors (Lipinski definition) is 1. The van der Waals surface area contributed by atoms with E-state index < -0.39 is 6.10 Å². The fraction of sp³-hybridized carbons (Fsp3) is 0.182. The molecule has 84 valence electrons. The van der Waals surface area contributed by atoms with Crippen LogP contribution in [0.15, 0.2) is 33.4 Å². The van der Waals surface area contributed by atoms with Crippen LogP contribution in [0.3, 0.4) is 0 Å². The van der Waals surface area contributed by atoms with Gasteiger partial charge in [-0.05, 0) is 41.1 Å². The Labute approximate surface area is 100 Å². The molecule has 1 atom stereocenters. The lowest BCUT2D eigenvalue weighted by molar-refractivity contribution is 0.194. The Morgan fingerprint density at radius 1 is 1.50 bits per heavy atom. The topological polar surface area (TPSA) is 46.3 Å². The van der Waals surface area contributed by atoms with Crippen molar-refractivity contribution in [3.8, 4) is 11.5 Å². The molecular formula is C11H9BrFNO2. The van der Waals surface area contributed by atoms with Gasteiger partial charge < -0.3 is 9.52 Å². The van der Waals surface area contributed by atoms with Crippen molar-refractivity contribution in [3.05, 3.63) is 40.4 Å². The maximum absolute atomic E-state index is 13.3. The molecule has 0 aliphatic carbocycles. The van der Waals surface area contributed by atoms with E-state index in [1.54, 1.807) is 19.1 Å². The molecular weight excluding hydrogens is 277 g/mol. The molecule has 1 aromatic carbocycles. The lowest BCUT2D eigenvalue weighted by Gasteiger charge is -1.98. The predicted octanol–water partition coefficient (Wildman–Crippen LogP) is 3.30. The first-order valence-electron chi connectivity index (χ1n) is 4.67. The zero-order valence-electron chi connectivity index (χ0n) is 8.45. The van der Waals surface area contributed by atoms with E-state index in [-0.39, 0.29) is 5.82 Å². The Kier molecular flexibility index (Phi) is 3.07. The van der Waals surface area contributed by atoms with Gasteiger partial charge in [0.25, 0.3) is 0 Å². The number of aliphatic hydroxyl groups is 1. The molecule has 0 spiro atoms. The van der Waals surface area contributed by atoms with Crippen LogP contribution >= 0.6 is 15.9 Å². The van der Waals surface area contributed by atoms with E-state index in [2.05, 4.69) is 20.9 Å². The highest BCUT2D eigenvalue weighted by atomic mass is 79.9. The quantitative estimate of drug-likeness (QED) is 0.921. The maximum atomic E-state index is 13.3. The van der Waals surface area contributed by atoms with Crippen LogP contribution in [0.25, 0.3) is 11.5 Å². The number of hydrogen-bond acceptors (Lipinski definition) is 3. The van der Waals surface area contributed by atoms with Crippen LogP contribution in [0.5, 0.6) is 0 Å². The first-order valence-corrected chi connectivity index (χ1v) is 5.46. The van der Waals surface area contributed by atoms with Gasteiger partial charge in [-0.2, -0.15) is 0 Å². The molecule has 0 bridgehead atoms. The second kappa shape index (κ2) is 4.35. The number of aliphatic hydroxyl groups excluding tert-OH is 1. The molecule has 1 N–H and O–H groups in total. The van der Waals surface area contributed by atoms with Crippen molar-refractivity contribution in [2.24, 2.45) is 0 Å². The molecule has 0 saturated carbocycles. The highest BCUT2D eigenvalue weighted by Gasteiger charge is 2.11. The van der Waals surface area contributed by atoms with Crippen molar-refractivity contribution < 1.29 is 13.9 Å². The molecule has 2 aromatic rings. The van der Waals surface area contributed by atoms with Crippen molar-refractivity contribution in [2.75, 3.05) is 0 Å². The highest BCUT2D eigenvalue weighted by molar-refractivity contribution is 9.10. The summed E-state index contributed by atoms with van der Waals surface area (Å²) in [5, 5.41) is 9.28. The number of nitrogens with zero attached hydrogens (tertiary/aromatic N) is 1. The third kappa shape index (κ3) is 2.15. The summed E-state index contributed by atoms with van der Waals surface area (Å²) in [4.78, 5) is 4.05. The highest BCUT2D eigenvalue weighted by Crippen LogP contribution is 2.25. The van der Waals surface area contributed by atoms with E-state index in [0.717, 1.165) is 0 Å². The predicted molar refractivity (Wildman–Crippen MR) is 60.2 cm³/mol. The van der Waals surface area contributed by atoms with Crippen LogP contribution in [0.2, 0.25) is 0 Å². The summed E-state index contributed by atoms with van der Waals surface area (Å²) >= 11 is 3.06.